The molecule has 7 heteroatoms. The number of carbonyl (C=O) groups is 1. The van der Waals surface area contributed by atoms with Crippen molar-refractivity contribution in [2.45, 2.75) is 24.7 Å². The molecule has 0 atom stereocenters. The minimum atomic E-state index is -3.81. The molecule has 0 fully saturated rings. The van der Waals surface area contributed by atoms with Crippen molar-refractivity contribution < 1.29 is 18.3 Å². The molecule has 0 aliphatic heterocycles. The zero-order chi connectivity index (χ0) is 15.5. The number of hydrogen-bond donors (Lipinski definition) is 3. The Morgan fingerprint density at radius 3 is 2.67 bits per heavy atom. The molecule has 0 unspecified atom stereocenters. The molecule has 1 aromatic heterocycles. The summed E-state index contributed by atoms with van der Waals surface area (Å²) in [6.45, 7) is 2.01. The van der Waals surface area contributed by atoms with E-state index in [-0.39, 0.29) is 10.6 Å². The predicted molar refractivity (Wildman–Crippen MR) is 79.0 cm³/mol. The van der Waals surface area contributed by atoms with E-state index in [0.717, 1.165) is 30.7 Å². The van der Waals surface area contributed by atoms with Gasteiger partial charge in [-0.05, 0) is 24.1 Å². The van der Waals surface area contributed by atoms with Crippen molar-refractivity contribution in [2.75, 3.05) is 4.72 Å². The number of benzene rings is 1. The Morgan fingerprint density at radius 1 is 1.33 bits per heavy atom. The predicted octanol–water partition coefficient (Wildman–Crippen LogP) is 2.47. The Hall–Kier alpha value is -2.28. The van der Waals surface area contributed by atoms with E-state index in [1.165, 1.54) is 0 Å². The molecule has 1 aromatic carbocycles. The largest absolute Gasteiger partial charge is 0.477 e. The first kappa shape index (κ1) is 15.1. The normalized spacial score (nSPS) is 11.3. The van der Waals surface area contributed by atoms with Gasteiger partial charge in [0.05, 0.1) is 5.69 Å². The van der Waals surface area contributed by atoms with Crippen molar-refractivity contribution in [1.82, 2.24) is 4.98 Å². The van der Waals surface area contributed by atoms with Crippen molar-refractivity contribution in [3.8, 4) is 0 Å². The lowest BCUT2D eigenvalue weighted by molar-refractivity contribution is 0.0691. The van der Waals surface area contributed by atoms with Gasteiger partial charge in [0.25, 0.3) is 10.0 Å². The Balaban J connectivity index is 2.30. The molecular weight excluding hydrogens is 292 g/mol. The lowest BCUT2D eigenvalue weighted by Crippen LogP contribution is -2.13. The maximum absolute atomic E-state index is 12.3. The molecule has 0 saturated carbocycles. The maximum Gasteiger partial charge on any atom is 0.352 e. The number of aryl methyl sites for hydroxylation is 1. The quantitative estimate of drug-likeness (QED) is 0.763. The molecule has 0 aliphatic rings. The van der Waals surface area contributed by atoms with Crippen molar-refractivity contribution in [3.05, 3.63) is 47.8 Å². The van der Waals surface area contributed by atoms with E-state index < -0.39 is 16.0 Å². The van der Waals surface area contributed by atoms with Crippen molar-refractivity contribution >= 4 is 21.7 Å². The van der Waals surface area contributed by atoms with E-state index in [4.69, 9.17) is 5.11 Å². The third-order valence-corrected chi connectivity index (χ3v) is 4.32. The molecule has 0 aliphatic carbocycles. The Bertz CT molecular complexity index is 750. The molecule has 0 spiro atoms. The number of nitrogens with one attached hydrogen (secondary N) is 2. The second-order valence-electron chi connectivity index (χ2n) is 4.57. The van der Waals surface area contributed by atoms with E-state index in [0.29, 0.717) is 5.69 Å². The number of carboxylic acids is 1. The van der Waals surface area contributed by atoms with Crippen LogP contribution in [0.1, 0.15) is 29.4 Å². The summed E-state index contributed by atoms with van der Waals surface area (Å²) < 4.78 is 27.0. The number of hydrogen-bond acceptors (Lipinski definition) is 3. The Morgan fingerprint density at radius 2 is 2.05 bits per heavy atom. The van der Waals surface area contributed by atoms with Crippen LogP contribution in [0.4, 0.5) is 5.69 Å². The van der Waals surface area contributed by atoms with Crippen molar-refractivity contribution in [2.24, 2.45) is 0 Å². The minimum absolute atomic E-state index is 0.105. The van der Waals surface area contributed by atoms with Crippen molar-refractivity contribution in [3.63, 3.8) is 0 Å². The molecule has 21 heavy (non-hydrogen) atoms. The van der Waals surface area contributed by atoms with Crippen molar-refractivity contribution in [1.29, 1.82) is 0 Å². The molecule has 2 aromatic rings. The summed E-state index contributed by atoms with van der Waals surface area (Å²) in [5.41, 5.74) is 1.24. The van der Waals surface area contributed by atoms with Gasteiger partial charge in [0.2, 0.25) is 0 Å². The van der Waals surface area contributed by atoms with Gasteiger partial charge in [0, 0.05) is 6.20 Å². The van der Waals surface area contributed by atoms with E-state index >= 15 is 0 Å². The topological polar surface area (TPSA) is 99.3 Å². The standard InChI is InChI=1S/C14H16N2O4S/c1-2-5-10-6-3-4-7-12(10)16-21(19,20)11-8-13(14(17)18)15-9-11/h3-4,6-9,15-16H,2,5H2,1H3,(H,17,18). The summed E-state index contributed by atoms with van der Waals surface area (Å²) in [4.78, 5) is 13.1. The van der Waals surface area contributed by atoms with Crippen LogP contribution in [-0.2, 0) is 16.4 Å². The summed E-state index contributed by atoms with van der Waals surface area (Å²) >= 11 is 0. The van der Waals surface area contributed by atoms with E-state index in [1.807, 2.05) is 19.1 Å². The fraction of sp³-hybridized carbons (Fsp3) is 0.214. The summed E-state index contributed by atoms with van der Waals surface area (Å²) in [6.07, 6.45) is 2.81. The minimum Gasteiger partial charge on any atom is -0.477 e. The smallest absolute Gasteiger partial charge is 0.352 e. The van der Waals surface area contributed by atoms with Crippen LogP contribution < -0.4 is 4.72 Å². The number of carboxylic acid groups (broad SMARTS) is 1. The maximum atomic E-state index is 12.3. The molecule has 0 saturated heterocycles. The molecule has 6 nitrogen and oxygen atoms in total. The van der Waals surface area contributed by atoms with Crippen LogP contribution in [-0.4, -0.2) is 24.5 Å². The lowest BCUT2D eigenvalue weighted by atomic mass is 10.1. The van der Waals surface area contributed by atoms with Crippen LogP contribution in [0, 0.1) is 0 Å². The van der Waals surface area contributed by atoms with Crippen LogP contribution in [0.15, 0.2) is 41.4 Å². The highest BCUT2D eigenvalue weighted by Crippen LogP contribution is 2.21. The third kappa shape index (κ3) is 3.43. The van der Waals surface area contributed by atoms with Crippen LogP contribution in [0.3, 0.4) is 0 Å². The first-order chi connectivity index (χ1) is 9.94. The Kier molecular flexibility index (Phi) is 4.32. The first-order valence-electron chi connectivity index (χ1n) is 6.46. The van der Waals surface area contributed by atoms with Gasteiger partial charge in [-0.25, -0.2) is 13.2 Å². The second-order valence-corrected chi connectivity index (χ2v) is 6.25. The van der Waals surface area contributed by atoms with Gasteiger partial charge in [-0.1, -0.05) is 31.5 Å². The molecular formula is C14H16N2O4S. The summed E-state index contributed by atoms with van der Waals surface area (Å²) in [5.74, 6) is -1.21. The summed E-state index contributed by atoms with van der Waals surface area (Å²) in [6, 6.07) is 8.24. The van der Waals surface area contributed by atoms with Crippen LogP contribution in [0.5, 0.6) is 0 Å². The number of aromatic nitrogens is 1. The lowest BCUT2D eigenvalue weighted by Gasteiger charge is -2.11. The van der Waals surface area contributed by atoms with Gasteiger partial charge in [-0.15, -0.1) is 0 Å². The van der Waals surface area contributed by atoms with Gasteiger partial charge >= 0.3 is 5.97 Å². The summed E-state index contributed by atoms with van der Waals surface area (Å²) in [7, 11) is -3.81. The third-order valence-electron chi connectivity index (χ3n) is 2.98. The average Bonchev–Trinajstić information content (AvgIpc) is 2.92. The zero-order valence-corrected chi connectivity index (χ0v) is 12.3. The van der Waals surface area contributed by atoms with Gasteiger partial charge in [0.1, 0.15) is 10.6 Å². The number of para-hydroxylation sites is 1. The fourth-order valence-electron chi connectivity index (χ4n) is 1.96. The highest BCUT2D eigenvalue weighted by atomic mass is 32.2. The highest BCUT2D eigenvalue weighted by Gasteiger charge is 2.19. The van der Waals surface area contributed by atoms with Gasteiger partial charge in [0.15, 0.2) is 0 Å². The van der Waals surface area contributed by atoms with E-state index in [2.05, 4.69) is 9.71 Å². The average molecular weight is 308 g/mol. The van der Waals surface area contributed by atoms with Gasteiger partial charge in [-0.2, -0.15) is 0 Å². The number of aromatic amines is 1. The number of sulfonamides is 1. The molecule has 112 valence electrons. The SMILES string of the molecule is CCCc1ccccc1NS(=O)(=O)c1c[nH]c(C(=O)O)c1. The number of anilines is 1. The molecule has 1 heterocycles. The molecule has 0 radical (unpaired) electrons. The van der Waals surface area contributed by atoms with Gasteiger partial charge in [-0.3, -0.25) is 4.72 Å². The molecule has 3 N–H and O–H groups in total. The summed E-state index contributed by atoms with van der Waals surface area (Å²) in [5, 5.41) is 8.82. The Labute approximate surface area is 122 Å². The number of H-pyrrole nitrogens is 1. The first-order valence-corrected chi connectivity index (χ1v) is 7.95. The van der Waals surface area contributed by atoms with Crippen LogP contribution in [0.2, 0.25) is 0 Å². The van der Waals surface area contributed by atoms with E-state index in [9.17, 15) is 13.2 Å². The zero-order valence-electron chi connectivity index (χ0n) is 11.5. The molecule has 0 amide bonds. The second kappa shape index (κ2) is 6.01. The number of aromatic carboxylic acids is 1. The van der Waals surface area contributed by atoms with Crippen LogP contribution >= 0.6 is 0 Å². The van der Waals surface area contributed by atoms with E-state index in [1.54, 1.807) is 12.1 Å². The highest BCUT2D eigenvalue weighted by molar-refractivity contribution is 7.92. The van der Waals surface area contributed by atoms with Crippen LogP contribution in [0.25, 0.3) is 0 Å². The molecule has 0 bridgehead atoms. The number of rotatable bonds is 6. The monoisotopic (exact) mass is 308 g/mol. The van der Waals surface area contributed by atoms with Gasteiger partial charge < -0.3 is 10.1 Å². The molecule has 2 rings (SSSR count). The fourth-order valence-corrected chi connectivity index (χ4v) is 3.06.